The van der Waals surface area contributed by atoms with E-state index in [1.807, 2.05) is 5.32 Å². The molecule has 2 rings (SSSR count). The van der Waals surface area contributed by atoms with Crippen molar-refractivity contribution in [3.05, 3.63) is 29.8 Å². The van der Waals surface area contributed by atoms with Crippen LogP contribution in [0.15, 0.2) is 24.3 Å². The molecule has 1 aliphatic rings. The third-order valence-electron chi connectivity index (χ3n) is 14.6. The van der Waals surface area contributed by atoms with Gasteiger partial charge in [0.15, 0.2) is 6.29 Å². The maximum Gasteiger partial charge on any atom is 0.418 e. The maximum absolute atomic E-state index is 13.5. The first-order chi connectivity index (χ1) is 34.9. The van der Waals surface area contributed by atoms with Crippen molar-refractivity contribution in [1.29, 1.82) is 0 Å². The Bertz CT molecular complexity index is 1410. The number of nitrogens with one attached hydrogen (secondary N) is 2. The smallest absolute Gasteiger partial charge is 0.418 e. The number of amides is 1. The molecule has 8 atom stereocenters. The lowest BCUT2D eigenvalue weighted by molar-refractivity contribution is -0.302. The van der Waals surface area contributed by atoms with E-state index >= 15 is 0 Å². The van der Waals surface area contributed by atoms with Crippen LogP contribution in [-0.2, 0) is 20.4 Å². The van der Waals surface area contributed by atoms with Crippen LogP contribution in [0.3, 0.4) is 0 Å². The normalized spacial score (nSPS) is 19.6. The number of halogens is 3. The fourth-order valence-electron chi connectivity index (χ4n) is 9.82. The number of aliphatic hydroxyl groups is 5. The molecule has 0 spiro atoms. The summed E-state index contributed by atoms with van der Waals surface area (Å²) in [7, 11) is 0. The van der Waals surface area contributed by atoms with Crippen molar-refractivity contribution in [2.75, 3.05) is 25.1 Å². The predicted octanol–water partition coefficient (Wildman–Crippen LogP) is 14.2. The summed E-state index contributed by atoms with van der Waals surface area (Å²) >= 11 is 0. The van der Waals surface area contributed by atoms with Crippen molar-refractivity contribution in [1.82, 2.24) is 5.32 Å². The highest BCUT2D eigenvalue weighted by molar-refractivity contribution is 5.85. The summed E-state index contributed by atoms with van der Waals surface area (Å²) in [6.07, 6.45) is 29.7. The fourth-order valence-corrected chi connectivity index (χ4v) is 9.82. The number of hydrogen-bond donors (Lipinski definition) is 7. The van der Waals surface area contributed by atoms with E-state index in [9.17, 15) is 43.5 Å². The van der Waals surface area contributed by atoms with Crippen LogP contribution in [0, 0.1) is 0 Å². The number of unbranched alkanes of at least 4 members (excludes halogenated alkanes) is 34. The Hall–Kier alpha value is -2.04. The molecule has 0 saturated carbocycles. The van der Waals surface area contributed by atoms with E-state index in [0.717, 1.165) is 57.1 Å². The number of anilines is 1. The molecule has 0 bridgehead atoms. The molecule has 1 aliphatic heterocycles. The highest BCUT2D eigenvalue weighted by Gasteiger charge is 2.45. The molecule has 1 heterocycles. The average Bonchev–Trinajstić information content (AvgIpc) is 3.36. The van der Waals surface area contributed by atoms with E-state index in [-0.39, 0.29) is 6.61 Å². The number of benzene rings is 1. The maximum atomic E-state index is 13.5. The Morgan fingerprint density at radius 1 is 0.583 bits per heavy atom. The molecule has 1 fully saturated rings. The van der Waals surface area contributed by atoms with Gasteiger partial charge in [0.25, 0.3) is 0 Å². The van der Waals surface area contributed by atoms with Crippen LogP contribution in [-0.4, -0.2) is 100 Å². The number of hydrogen-bond acceptors (Lipinski definition) is 10. The molecular formula is C58H105F3N2O9. The predicted molar refractivity (Wildman–Crippen MR) is 285 cm³/mol. The van der Waals surface area contributed by atoms with Crippen LogP contribution in [0.5, 0.6) is 0 Å². The van der Waals surface area contributed by atoms with E-state index < -0.39 is 79.1 Å². The Labute approximate surface area is 434 Å². The lowest BCUT2D eigenvalue weighted by atomic mass is 9.98. The molecule has 0 aromatic heterocycles. The van der Waals surface area contributed by atoms with Gasteiger partial charge in [-0.05, 0) is 31.5 Å². The average molecular weight is 1030 g/mol. The van der Waals surface area contributed by atoms with Gasteiger partial charge in [0.05, 0.1) is 36.1 Å². The number of para-hydroxylation sites is 1. The van der Waals surface area contributed by atoms with Gasteiger partial charge in [-0.25, -0.2) is 4.79 Å². The summed E-state index contributed by atoms with van der Waals surface area (Å²) in [5.74, 6) is 0. The summed E-state index contributed by atoms with van der Waals surface area (Å²) in [5, 5.41) is 60.0. The van der Waals surface area contributed by atoms with Crippen molar-refractivity contribution in [2.24, 2.45) is 0 Å². The number of carbonyl (C=O) groups excluding carboxylic acids is 1. The molecule has 14 heteroatoms. The van der Waals surface area contributed by atoms with Gasteiger partial charge in [-0.1, -0.05) is 251 Å². The van der Waals surface area contributed by atoms with Crippen LogP contribution in [0.4, 0.5) is 23.7 Å². The van der Waals surface area contributed by atoms with Crippen LogP contribution < -0.4 is 10.6 Å². The Kier molecular flexibility index (Phi) is 39.6. The van der Waals surface area contributed by atoms with Gasteiger partial charge in [0, 0.05) is 0 Å². The van der Waals surface area contributed by atoms with Gasteiger partial charge in [-0.3, -0.25) is 5.32 Å². The van der Waals surface area contributed by atoms with Crippen LogP contribution in [0.1, 0.15) is 257 Å². The van der Waals surface area contributed by atoms with Crippen molar-refractivity contribution in [3.8, 4) is 0 Å². The van der Waals surface area contributed by atoms with Gasteiger partial charge >= 0.3 is 12.3 Å². The second-order valence-corrected chi connectivity index (χ2v) is 21.0. The third kappa shape index (κ3) is 31.8. The number of alkyl halides is 3. The van der Waals surface area contributed by atoms with Gasteiger partial charge in [-0.15, -0.1) is 0 Å². The zero-order valence-electron chi connectivity index (χ0n) is 45.2. The SMILES string of the molecule is CCCCCCCCCCCCCCCCCCCCCCCCCCN[C@@H](CO[C@H]1O[C@H](COC(=O)Nc2ccccc2C(F)(F)F)[C@H](O)[C@H](O)[C@H]1O)[C@H](O)[C@H](O)CCCCCCCCCCCCCC. The van der Waals surface area contributed by atoms with E-state index in [2.05, 4.69) is 19.2 Å². The number of aliphatic hydroxyl groups excluding tert-OH is 5. The Morgan fingerprint density at radius 2 is 0.986 bits per heavy atom. The summed E-state index contributed by atoms with van der Waals surface area (Å²) in [4.78, 5) is 12.5. The van der Waals surface area contributed by atoms with E-state index in [1.165, 1.54) is 198 Å². The minimum absolute atomic E-state index is 0.233. The van der Waals surface area contributed by atoms with Crippen LogP contribution in [0.2, 0.25) is 0 Å². The summed E-state index contributed by atoms with van der Waals surface area (Å²) in [5.41, 5.74) is -1.60. The van der Waals surface area contributed by atoms with Crippen molar-refractivity contribution < 1.29 is 57.7 Å². The highest BCUT2D eigenvalue weighted by Crippen LogP contribution is 2.35. The molecule has 422 valence electrons. The zero-order valence-corrected chi connectivity index (χ0v) is 45.2. The van der Waals surface area contributed by atoms with Crippen molar-refractivity contribution in [2.45, 2.75) is 307 Å². The van der Waals surface area contributed by atoms with Gasteiger partial charge in [0.1, 0.15) is 31.0 Å². The molecule has 1 aromatic rings. The van der Waals surface area contributed by atoms with Gasteiger partial charge in [-0.2, -0.15) is 13.2 Å². The molecule has 1 aromatic carbocycles. The Balaban J connectivity index is 1.73. The van der Waals surface area contributed by atoms with Crippen LogP contribution >= 0.6 is 0 Å². The first-order valence-electron chi connectivity index (χ1n) is 29.4. The minimum Gasteiger partial charge on any atom is -0.446 e. The molecule has 72 heavy (non-hydrogen) atoms. The first-order valence-corrected chi connectivity index (χ1v) is 29.4. The lowest BCUT2D eigenvalue weighted by Crippen LogP contribution is -2.60. The van der Waals surface area contributed by atoms with Crippen LogP contribution in [0.25, 0.3) is 0 Å². The molecule has 7 N–H and O–H groups in total. The number of ether oxygens (including phenoxy) is 3. The molecule has 0 aliphatic carbocycles. The third-order valence-corrected chi connectivity index (χ3v) is 14.6. The zero-order chi connectivity index (χ0) is 52.5. The van der Waals surface area contributed by atoms with E-state index in [0.29, 0.717) is 13.0 Å². The molecule has 0 radical (unpaired) electrons. The van der Waals surface area contributed by atoms with Crippen molar-refractivity contribution >= 4 is 11.8 Å². The van der Waals surface area contributed by atoms with Gasteiger partial charge in [0.2, 0.25) is 0 Å². The van der Waals surface area contributed by atoms with Gasteiger partial charge < -0.3 is 45.1 Å². The second kappa shape index (κ2) is 43.1. The molecule has 0 unspecified atom stereocenters. The number of carbonyl (C=O) groups is 1. The number of rotatable bonds is 47. The van der Waals surface area contributed by atoms with Crippen molar-refractivity contribution in [3.63, 3.8) is 0 Å². The molecule has 1 amide bonds. The monoisotopic (exact) mass is 1030 g/mol. The molecule has 1 saturated heterocycles. The molecule has 11 nitrogen and oxygen atoms in total. The standard InChI is InChI=1S/C58H105F3N2O9/c1-3-5-7-9-11-13-15-17-18-19-20-21-22-23-24-25-26-27-28-30-32-34-36-40-44-62-49(52(65)50(64)43-37-35-33-31-29-16-14-12-10-8-6-4-2)45-70-56-55(68)54(67)53(66)51(72-56)46-71-57(69)63-48-42-39-38-41-47(48)58(59,60)61/h38-39,41-42,49-56,62,64-68H,3-37,40,43-46H2,1-2H3,(H,63,69)/t49-,50+,51+,52-,53-,54-,55+,56-/m0/s1. The Morgan fingerprint density at radius 3 is 1.42 bits per heavy atom. The lowest BCUT2D eigenvalue weighted by Gasteiger charge is -2.40. The highest BCUT2D eigenvalue weighted by atomic mass is 19.4. The second-order valence-electron chi connectivity index (χ2n) is 21.0. The quantitative estimate of drug-likeness (QED) is 0.0312. The summed E-state index contributed by atoms with van der Waals surface area (Å²) in [6.45, 7) is 4.14. The largest absolute Gasteiger partial charge is 0.446 e. The summed E-state index contributed by atoms with van der Waals surface area (Å²) < 4.78 is 57.0. The summed E-state index contributed by atoms with van der Waals surface area (Å²) in [6, 6.07) is 3.61. The molecular weight excluding hydrogens is 926 g/mol. The fraction of sp³-hybridized carbons (Fsp3) is 0.879. The minimum atomic E-state index is -4.73. The van der Waals surface area contributed by atoms with E-state index in [1.54, 1.807) is 0 Å². The van der Waals surface area contributed by atoms with E-state index in [4.69, 9.17) is 14.2 Å². The topological polar surface area (TPSA) is 170 Å². The first kappa shape index (κ1) is 66.1.